The highest BCUT2D eigenvalue weighted by molar-refractivity contribution is 5.73. The summed E-state index contributed by atoms with van der Waals surface area (Å²) in [7, 11) is 0. The minimum Gasteiger partial charge on any atom is -0.492 e. The number of nitrogens with zero attached hydrogens (tertiary/aromatic N) is 3. The molecule has 0 aliphatic rings. The van der Waals surface area contributed by atoms with E-state index in [1.165, 1.54) is 12.1 Å². The summed E-state index contributed by atoms with van der Waals surface area (Å²) in [4.78, 5) is 13.1. The Hall–Kier alpha value is -3.61. The molecular formula is C18H20F4N6O3. The van der Waals surface area contributed by atoms with Crippen molar-refractivity contribution in [3.05, 3.63) is 47.5 Å². The van der Waals surface area contributed by atoms with Gasteiger partial charge in [-0.15, -0.1) is 0 Å². The number of rotatable bonds is 5. The fourth-order valence-corrected chi connectivity index (χ4v) is 2.60. The zero-order chi connectivity index (χ0) is 23.3. The number of carbonyl (C=O) groups is 1. The molecule has 0 saturated carbocycles. The van der Waals surface area contributed by atoms with Crippen molar-refractivity contribution in [1.29, 1.82) is 0 Å². The van der Waals surface area contributed by atoms with E-state index in [0.717, 1.165) is 0 Å². The van der Waals surface area contributed by atoms with E-state index in [1.54, 1.807) is 22.8 Å². The van der Waals surface area contributed by atoms with Gasteiger partial charge in [0.1, 0.15) is 29.7 Å². The predicted molar refractivity (Wildman–Crippen MR) is 104 cm³/mol. The average molecular weight is 444 g/mol. The van der Waals surface area contributed by atoms with Crippen LogP contribution in [0.25, 0.3) is 5.65 Å². The average Bonchev–Trinajstić information content (AvgIpc) is 3.02. The van der Waals surface area contributed by atoms with Crippen LogP contribution in [0.4, 0.5) is 29.1 Å². The first-order chi connectivity index (χ1) is 14.5. The van der Waals surface area contributed by atoms with Gasteiger partial charge in [-0.05, 0) is 24.3 Å². The molecule has 0 aliphatic carbocycles. The molecule has 7 N–H and O–H groups in total. The highest BCUT2D eigenvalue weighted by Gasteiger charge is 2.38. The summed E-state index contributed by atoms with van der Waals surface area (Å²) in [6.45, 7) is 2.58. The number of hydrogen-bond acceptors (Lipinski definition) is 7. The summed E-state index contributed by atoms with van der Waals surface area (Å²) in [6.07, 6.45) is -3.40. The van der Waals surface area contributed by atoms with Crippen LogP contribution in [0.1, 0.15) is 24.1 Å². The van der Waals surface area contributed by atoms with Crippen molar-refractivity contribution >= 4 is 23.1 Å². The second kappa shape index (κ2) is 9.47. The SMILES string of the molecule is CC(c1cc(F)ccc1OCCN)c1nn2ccc(N)nc2c1N.O=C(O)C(F)(F)F. The number of nitrogen functional groups attached to an aromatic ring is 2. The molecule has 0 fully saturated rings. The third-order valence-corrected chi connectivity index (χ3v) is 4.04. The van der Waals surface area contributed by atoms with Crippen molar-refractivity contribution in [2.75, 3.05) is 24.6 Å². The highest BCUT2D eigenvalue weighted by Crippen LogP contribution is 2.35. The lowest BCUT2D eigenvalue weighted by Gasteiger charge is -2.16. The molecule has 0 aliphatic heterocycles. The summed E-state index contributed by atoms with van der Waals surface area (Å²) >= 11 is 0. The maximum atomic E-state index is 13.7. The number of aromatic nitrogens is 3. The lowest BCUT2D eigenvalue weighted by atomic mass is 9.96. The van der Waals surface area contributed by atoms with Crippen LogP contribution in [-0.4, -0.2) is 45.0 Å². The second-order valence-electron chi connectivity index (χ2n) is 6.26. The Morgan fingerprint density at radius 2 is 1.94 bits per heavy atom. The molecule has 1 aromatic carbocycles. The summed E-state index contributed by atoms with van der Waals surface area (Å²) in [5.74, 6) is -2.50. The zero-order valence-corrected chi connectivity index (χ0v) is 16.2. The van der Waals surface area contributed by atoms with Crippen molar-refractivity contribution in [2.24, 2.45) is 5.73 Å². The number of anilines is 2. The molecule has 9 nitrogen and oxygen atoms in total. The van der Waals surface area contributed by atoms with Crippen LogP contribution in [0.5, 0.6) is 5.75 Å². The van der Waals surface area contributed by atoms with Gasteiger partial charge in [0.2, 0.25) is 0 Å². The third kappa shape index (κ3) is 5.72. The summed E-state index contributed by atoms with van der Waals surface area (Å²) in [5, 5.41) is 11.6. The first-order valence-electron chi connectivity index (χ1n) is 8.78. The van der Waals surface area contributed by atoms with Gasteiger partial charge < -0.3 is 27.0 Å². The van der Waals surface area contributed by atoms with Crippen LogP contribution in [0.15, 0.2) is 30.5 Å². The number of carboxylic acids is 1. The fourth-order valence-electron chi connectivity index (χ4n) is 2.60. The molecule has 0 saturated heterocycles. The molecule has 31 heavy (non-hydrogen) atoms. The Bertz CT molecular complexity index is 1070. The van der Waals surface area contributed by atoms with E-state index >= 15 is 0 Å². The molecule has 3 rings (SSSR count). The molecule has 1 unspecified atom stereocenters. The number of nitrogens with two attached hydrogens (primary N) is 3. The van der Waals surface area contributed by atoms with Crippen LogP contribution in [0, 0.1) is 5.82 Å². The smallest absolute Gasteiger partial charge is 0.490 e. The first kappa shape index (κ1) is 23.7. The molecule has 2 heterocycles. The number of ether oxygens (including phenoxy) is 1. The Morgan fingerprint density at radius 1 is 1.29 bits per heavy atom. The van der Waals surface area contributed by atoms with E-state index in [-0.39, 0.29) is 11.7 Å². The molecule has 0 amide bonds. The topological polar surface area (TPSA) is 155 Å². The van der Waals surface area contributed by atoms with Crippen LogP contribution >= 0.6 is 0 Å². The molecule has 3 aromatic rings. The monoisotopic (exact) mass is 444 g/mol. The molecule has 13 heteroatoms. The minimum absolute atomic E-state index is 0.295. The van der Waals surface area contributed by atoms with Gasteiger partial charge in [-0.1, -0.05) is 6.92 Å². The number of benzene rings is 1. The van der Waals surface area contributed by atoms with Gasteiger partial charge in [-0.2, -0.15) is 18.3 Å². The van der Waals surface area contributed by atoms with Gasteiger partial charge in [0, 0.05) is 24.2 Å². The number of alkyl halides is 3. The molecule has 0 bridgehead atoms. The lowest BCUT2D eigenvalue weighted by molar-refractivity contribution is -0.192. The maximum Gasteiger partial charge on any atom is 0.490 e. The van der Waals surface area contributed by atoms with E-state index in [0.29, 0.717) is 47.3 Å². The summed E-state index contributed by atoms with van der Waals surface area (Å²) in [6, 6.07) is 5.98. The van der Waals surface area contributed by atoms with Gasteiger partial charge >= 0.3 is 12.1 Å². The number of halogens is 4. The number of fused-ring (bicyclic) bond motifs is 1. The van der Waals surface area contributed by atoms with Crippen LogP contribution in [0.3, 0.4) is 0 Å². The number of aliphatic carboxylic acids is 1. The maximum absolute atomic E-state index is 13.7. The van der Waals surface area contributed by atoms with Gasteiger partial charge in [0.15, 0.2) is 5.65 Å². The van der Waals surface area contributed by atoms with Crippen LogP contribution in [-0.2, 0) is 4.79 Å². The standard InChI is InChI=1S/C16H19FN6O.C2HF3O2/c1-9(11-8-10(17)2-3-12(11)24-7-5-18)15-14(20)16-21-13(19)4-6-23(16)22-15;3-2(4,5)1(6)7/h2-4,6,8-9H,5,7,18,20H2,1H3,(H2,19,21);(H,6,7). The Labute approximate surface area is 173 Å². The predicted octanol–water partition coefficient (Wildman–Crippen LogP) is 2.16. The summed E-state index contributed by atoms with van der Waals surface area (Å²) < 4.78 is 52.6. The van der Waals surface area contributed by atoms with Crippen molar-refractivity contribution < 1.29 is 32.2 Å². The van der Waals surface area contributed by atoms with Crippen molar-refractivity contribution in [3.63, 3.8) is 0 Å². The Kier molecular flexibility index (Phi) is 7.23. The second-order valence-corrected chi connectivity index (χ2v) is 6.26. The number of hydrogen-bond donors (Lipinski definition) is 4. The van der Waals surface area contributed by atoms with Gasteiger partial charge in [0.05, 0.1) is 5.69 Å². The molecular weight excluding hydrogens is 424 g/mol. The van der Waals surface area contributed by atoms with Crippen molar-refractivity contribution in [1.82, 2.24) is 14.6 Å². The molecule has 1 atom stereocenters. The van der Waals surface area contributed by atoms with E-state index < -0.39 is 12.1 Å². The molecule has 168 valence electrons. The zero-order valence-electron chi connectivity index (χ0n) is 16.2. The highest BCUT2D eigenvalue weighted by atomic mass is 19.4. The normalized spacial score (nSPS) is 12.2. The summed E-state index contributed by atoms with van der Waals surface area (Å²) in [5.41, 5.74) is 19.5. The molecule has 0 radical (unpaired) electrons. The van der Waals surface area contributed by atoms with E-state index in [1.807, 2.05) is 6.92 Å². The third-order valence-electron chi connectivity index (χ3n) is 4.04. The Morgan fingerprint density at radius 3 is 2.52 bits per heavy atom. The van der Waals surface area contributed by atoms with Gasteiger partial charge in [-0.25, -0.2) is 18.7 Å². The minimum atomic E-state index is -5.08. The fraction of sp³-hybridized carbons (Fsp3) is 0.278. The quantitative estimate of drug-likeness (QED) is 0.437. The first-order valence-corrected chi connectivity index (χ1v) is 8.78. The van der Waals surface area contributed by atoms with Gasteiger partial charge in [-0.3, -0.25) is 0 Å². The molecule has 0 spiro atoms. The van der Waals surface area contributed by atoms with E-state index in [9.17, 15) is 17.6 Å². The van der Waals surface area contributed by atoms with E-state index in [2.05, 4.69) is 10.1 Å². The Balaban J connectivity index is 0.000000423. The van der Waals surface area contributed by atoms with Gasteiger partial charge in [0.25, 0.3) is 0 Å². The van der Waals surface area contributed by atoms with Crippen LogP contribution in [0.2, 0.25) is 0 Å². The number of carboxylic acid groups (broad SMARTS) is 1. The van der Waals surface area contributed by atoms with Crippen molar-refractivity contribution in [2.45, 2.75) is 19.0 Å². The van der Waals surface area contributed by atoms with E-state index in [4.69, 9.17) is 31.8 Å². The van der Waals surface area contributed by atoms with Crippen LogP contribution < -0.4 is 21.9 Å². The lowest BCUT2D eigenvalue weighted by Crippen LogP contribution is -2.21. The largest absolute Gasteiger partial charge is 0.492 e. The van der Waals surface area contributed by atoms with Crippen molar-refractivity contribution in [3.8, 4) is 5.75 Å². The molecule has 2 aromatic heterocycles.